The molecule has 0 saturated heterocycles. The van der Waals surface area contributed by atoms with Gasteiger partial charge in [-0.1, -0.05) is 6.07 Å². The van der Waals surface area contributed by atoms with Crippen molar-refractivity contribution in [2.75, 3.05) is 13.7 Å². The minimum Gasteiger partial charge on any atom is -0.384 e. The quantitative estimate of drug-likeness (QED) is 0.630. The van der Waals surface area contributed by atoms with E-state index in [1.165, 1.54) is 0 Å². The van der Waals surface area contributed by atoms with E-state index in [1.54, 1.807) is 13.3 Å². The summed E-state index contributed by atoms with van der Waals surface area (Å²) in [5, 5.41) is 0. The lowest BCUT2D eigenvalue weighted by Crippen LogP contribution is -1.95. The number of terminal acetylenes is 1. The highest BCUT2D eigenvalue weighted by Gasteiger charge is 1.89. The van der Waals surface area contributed by atoms with Gasteiger partial charge in [0, 0.05) is 25.4 Å². The smallest absolute Gasteiger partial charge is 0.0517 e. The fourth-order valence-electron chi connectivity index (χ4n) is 0.753. The monoisotopic (exact) mass is 163 g/mol. The lowest BCUT2D eigenvalue weighted by Gasteiger charge is -1.96. The maximum atomic E-state index is 4.91. The molecule has 1 rings (SSSR count). The van der Waals surface area contributed by atoms with Crippen LogP contribution in [0, 0.1) is 12.8 Å². The molecule has 64 valence electrons. The van der Waals surface area contributed by atoms with E-state index >= 15 is 0 Å². The lowest BCUT2D eigenvalue weighted by molar-refractivity contribution is 0.201. The van der Waals surface area contributed by atoms with Gasteiger partial charge >= 0.3 is 0 Å². The largest absolute Gasteiger partial charge is 0.384 e. The van der Waals surface area contributed by atoms with Crippen molar-refractivity contribution in [3.63, 3.8) is 0 Å². The number of nitrogens with zero attached hydrogens (tertiary/aromatic N) is 1. The van der Waals surface area contributed by atoms with Gasteiger partial charge in [0.1, 0.15) is 0 Å². The minimum atomic E-state index is 0.747. The van der Waals surface area contributed by atoms with Crippen LogP contribution in [0.25, 0.3) is 0 Å². The maximum absolute atomic E-state index is 4.91. The molecule has 2 heteroatoms. The van der Waals surface area contributed by atoms with Gasteiger partial charge in [0.15, 0.2) is 0 Å². The van der Waals surface area contributed by atoms with E-state index in [0.29, 0.717) is 0 Å². The Labute approximate surface area is 73.6 Å². The average molecular weight is 163 g/mol. The van der Waals surface area contributed by atoms with Crippen LogP contribution in [0.2, 0.25) is 0 Å². The molecule has 0 bridgehead atoms. The first-order chi connectivity index (χ1) is 5.93. The molecule has 0 aliphatic heterocycles. The number of rotatable bonds is 3. The fraction of sp³-hybridized carbons (Fsp3) is 0.300. The zero-order chi connectivity index (χ0) is 9.23. The van der Waals surface area contributed by atoms with Crippen LogP contribution >= 0.6 is 0 Å². The molecule has 1 heterocycles. The molecule has 2 nitrogen and oxygen atoms in total. The summed E-state index contributed by atoms with van der Waals surface area (Å²) < 4.78 is 4.91. The van der Waals surface area contributed by atoms with Crippen molar-refractivity contribution < 1.29 is 4.74 Å². The van der Waals surface area contributed by atoms with E-state index in [9.17, 15) is 0 Å². The molecule has 1 aromatic heterocycles. The highest BCUT2D eigenvalue weighted by Crippen LogP contribution is 1.93. The first kappa shape index (κ1) is 10.7. The van der Waals surface area contributed by atoms with Crippen LogP contribution in [0.1, 0.15) is 5.69 Å². The second-order valence-corrected chi connectivity index (χ2v) is 2.06. The molecule has 0 aliphatic rings. The van der Waals surface area contributed by atoms with Crippen LogP contribution in [0.15, 0.2) is 24.4 Å². The average Bonchev–Trinajstić information content (AvgIpc) is 2.19. The number of ether oxygens (including phenoxy) is 1. The van der Waals surface area contributed by atoms with Gasteiger partial charge in [0.05, 0.1) is 6.61 Å². The van der Waals surface area contributed by atoms with Crippen LogP contribution in [0.5, 0.6) is 0 Å². The van der Waals surface area contributed by atoms with Crippen LogP contribution in [0.3, 0.4) is 0 Å². The lowest BCUT2D eigenvalue weighted by atomic mass is 10.3. The number of aromatic nitrogens is 1. The van der Waals surface area contributed by atoms with E-state index in [2.05, 4.69) is 17.8 Å². The molecular formula is C10H13NO. The van der Waals surface area contributed by atoms with Crippen LogP contribution < -0.4 is 0 Å². The Morgan fingerprint density at radius 1 is 1.42 bits per heavy atom. The molecule has 0 saturated carbocycles. The molecular weight excluding hydrogens is 150 g/mol. The summed E-state index contributed by atoms with van der Waals surface area (Å²) in [7, 11) is 1.70. The number of hydrogen-bond donors (Lipinski definition) is 0. The zero-order valence-electron chi connectivity index (χ0n) is 7.23. The maximum Gasteiger partial charge on any atom is 0.0517 e. The van der Waals surface area contributed by atoms with Crippen molar-refractivity contribution in [1.29, 1.82) is 0 Å². The predicted octanol–water partition coefficient (Wildman–Crippen LogP) is 1.52. The third-order valence-corrected chi connectivity index (χ3v) is 1.29. The highest BCUT2D eigenvalue weighted by atomic mass is 16.5. The van der Waals surface area contributed by atoms with Crippen molar-refractivity contribution >= 4 is 0 Å². The van der Waals surface area contributed by atoms with E-state index in [0.717, 1.165) is 18.7 Å². The molecule has 0 spiro atoms. The normalized spacial score (nSPS) is 8.25. The Morgan fingerprint density at radius 3 is 2.67 bits per heavy atom. The number of methoxy groups -OCH3 is 1. The summed E-state index contributed by atoms with van der Waals surface area (Å²) in [5.41, 5.74) is 1.09. The van der Waals surface area contributed by atoms with Gasteiger partial charge in [-0.2, -0.15) is 0 Å². The van der Waals surface area contributed by atoms with Gasteiger partial charge in [-0.25, -0.2) is 0 Å². The second-order valence-electron chi connectivity index (χ2n) is 2.06. The summed E-state index contributed by atoms with van der Waals surface area (Å²) in [6, 6.07) is 5.90. The van der Waals surface area contributed by atoms with Gasteiger partial charge < -0.3 is 4.74 Å². The third-order valence-electron chi connectivity index (χ3n) is 1.29. The second kappa shape index (κ2) is 7.77. The van der Waals surface area contributed by atoms with Gasteiger partial charge in [-0.05, 0) is 12.1 Å². The molecule has 0 aromatic carbocycles. The molecule has 0 N–H and O–H groups in total. The molecule has 0 fully saturated rings. The van der Waals surface area contributed by atoms with E-state index in [4.69, 9.17) is 4.74 Å². The van der Waals surface area contributed by atoms with Gasteiger partial charge in [-0.3, -0.25) is 4.98 Å². The SMILES string of the molecule is C#C.COCCc1ccccn1. The Hall–Kier alpha value is -1.33. The standard InChI is InChI=1S/C8H11NO.C2H2/c1-10-7-5-8-4-2-3-6-9-8;1-2/h2-4,6H,5,7H2,1H3;1-2H. The Balaban J connectivity index is 0.000000561. The fourth-order valence-corrected chi connectivity index (χ4v) is 0.753. The summed E-state index contributed by atoms with van der Waals surface area (Å²) >= 11 is 0. The van der Waals surface area contributed by atoms with Crippen molar-refractivity contribution in [1.82, 2.24) is 4.98 Å². The summed E-state index contributed by atoms with van der Waals surface area (Å²) in [6.45, 7) is 0.747. The van der Waals surface area contributed by atoms with Crippen molar-refractivity contribution in [2.24, 2.45) is 0 Å². The molecule has 0 unspecified atom stereocenters. The summed E-state index contributed by atoms with van der Waals surface area (Å²) in [6.07, 6.45) is 10.7. The van der Waals surface area contributed by atoms with E-state index in [1.807, 2.05) is 18.2 Å². The van der Waals surface area contributed by atoms with Gasteiger partial charge in [-0.15, -0.1) is 12.8 Å². The van der Waals surface area contributed by atoms with Crippen molar-refractivity contribution in [2.45, 2.75) is 6.42 Å². The Morgan fingerprint density at radius 2 is 2.17 bits per heavy atom. The van der Waals surface area contributed by atoms with Crippen LogP contribution in [-0.4, -0.2) is 18.7 Å². The molecule has 0 aliphatic carbocycles. The number of hydrogen-bond acceptors (Lipinski definition) is 2. The molecule has 1 aromatic rings. The van der Waals surface area contributed by atoms with Crippen molar-refractivity contribution in [3.05, 3.63) is 30.1 Å². The van der Waals surface area contributed by atoms with E-state index in [-0.39, 0.29) is 0 Å². The van der Waals surface area contributed by atoms with Crippen molar-refractivity contribution in [3.8, 4) is 12.8 Å². The summed E-state index contributed by atoms with van der Waals surface area (Å²) in [5.74, 6) is 0. The number of pyridine rings is 1. The van der Waals surface area contributed by atoms with E-state index < -0.39 is 0 Å². The van der Waals surface area contributed by atoms with Crippen LogP contribution in [0.4, 0.5) is 0 Å². The van der Waals surface area contributed by atoms with Crippen LogP contribution in [-0.2, 0) is 11.2 Å². The predicted molar refractivity (Wildman–Crippen MR) is 49.7 cm³/mol. The molecule has 0 amide bonds. The zero-order valence-corrected chi connectivity index (χ0v) is 7.23. The molecule has 0 radical (unpaired) electrons. The summed E-state index contributed by atoms with van der Waals surface area (Å²) in [4.78, 5) is 4.14. The Bertz CT molecular complexity index is 206. The minimum absolute atomic E-state index is 0.747. The topological polar surface area (TPSA) is 22.1 Å². The third kappa shape index (κ3) is 4.48. The first-order valence-corrected chi connectivity index (χ1v) is 3.65. The van der Waals surface area contributed by atoms with Gasteiger partial charge in [0.2, 0.25) is 0 Å². The van der Waals surface area contributed by atoms with Gasteiger partial charge in [0.25, 0.3) is 0 Å². The Kier molecular flexibility index (Phi) is 6.91. The molecule has 0 atom stereocenters. The molecule has 12 heavy (non-hydrogen) atoms. The first-order valence-electron chi connectivity index (χ1n) is 3.65. The highest BCUT2D eigenvalue weighted by molar-refractivity contribution is 5.03.